The summed E-state index contributed by atoms with van der Waals surface area (Å²) in [4.78, 5) is 10.8. The van der Waals surface area contributed by atoms with E-state index in [0.717, 1.165) is 0 Å². The van der Waals surface area contributed by atoms with Crippen molar-refractivity contribution >= 4 is 5.97 Å². The maximum Gasteiger partial charge on any atom is 0.442 e. The van der Waals surface area contributed by atoms with Gasteiger partial charge in [-0.15, -0.1) is 0 Å². The molecule has 1 aromatic rings. The SMILES string of the molecule is O=C(O)C1(C(F)(F)F)NC(c2ccccc2)CO1. The van der Waals surface area contributed by atoms with Crippen molar-refractivity contribution in [2.75, 3.05) is 6.61 Å². The summed E-state index contributed by atoms with van der Waals surface area (Å²) in [5, 5.41) is 10.8. The van der Waals surface area contributed by atoms with Crippen LogP contribution in [0, 0.1) is 0 Å². The number of hydrogen-bond donors (Lipinski definition) is 2. The molecular formula is C11H10F3NO3. The van der Waals surface area contributed by atoms with Crippen molar-refractivity contribution in [3.8, 4) is 0 Å². The van der Waals surface area contributed by atoms with E-state index in [1.54, 1.807) is 30.3 Å². The van der Waals surface area contributed by atoms with E-state index in [1.807, 2.05) is 5.32 Å². The summed E-state index contributed by atoms with van der Waals surface area (Å²) in [6, 6.07) is 7.44. The van der Waals surface area contributed by atoms with Crippen LogP contribution in [0.2, 0.25) is 0 Å². The lowest BCUT2D eigenvalue weighted by Crippen LogP contribution is -2.60. The molecule has 0 radical (unpaired) electrons. The van der Waals surface area contributed by atoms with Crippen LogP contribution < -0.4 is 5.32 Å². The second kappa shape index (κ2) is 4.25. The third-order valence-corrected chi connectivity index (χ3v) is 2.75. The zero-order valence-electron chi connectivity index (χ0n) is 9.07. The number of aliphatic carboxylic acids is 1. The number of hydrogen-bond acceptors (Lipinski definition) is 3. The zero-order valence-corrected chi connectivity index (χ0v) is 9.07. The minimum atomic E-state index is -5.03. The summed E-state index contributed by atoms with van der Waals surface area (Å²) in [5.41, 5.74) is -2.78. The molecule has 98 valence electrons. The molecule has 0 bridgehead atoms. The Hall–Kier alpha value is -1.60. The molecule has 1 aliphatic rings. The van der Waals surface area contributed by atoms with Crippen LogP contribution in [0.25, 0.3) is 0 Å². The van der Waals surface area contributed by atoms with Crippen molar-refractivity contribution in [3.05, 3.63) is 35.9 Å². The van der Waals surface area contributed by atoms with Gasteiger partial charge in [0.15, 0.2) is 0 Å². The van der Waals surface area contributed by atoms with Crippen LogP contribution in [0.3, 0.4) is 0 Å². The van der Waals surface area contributed by atoms with Crippen LogP contribution in [0.15, 0.2) is 30.3 Å². The van der Waals surface area contributed by atoms with Crippen LogP contribution in [-0.4, -0.2) is 29.6 Å². The fraction of sp³-hybridized carbons (Fsp3) is 0.364. The maximum atomic E-state index is 12.8. The Morgan fingerprint density at radius 2 is 2.00 bits per heavy atom. The summed E-state index contributed by atoms with van der Waals surface area (Å²) in [6.07, 6.45) is -5.03. The number of carboxylic acid groups (broad SMARTS) is 1. The lowest BCUT2D eigenvalue weighted by Gasteiger charge is -2.26. The average molecular weight is 261 g/mol. The van der Waals surface area contributed by atoms with E-state index in [-0.39, 0.29) is 6.61 Å². The highest BCUT2D eigenvalue weighted by atomic mass is 19.4. The number of carboxylic acids is 1. The van der Waals surface area contributed by atoms with Crippen molar-refractivity contribution in [1.29, 1.82) is 0 Å². The van der Waals surface area contributed by atoms with E-state index in [9.17, 15) is 18.0 Å². The van der Waals surface area contributed by atoms with Gasteiger partial charge in [0.25, 0.3) is 0 Å². The Kier molecular flexibility index (Phi) is 3.04. The van der Waals surface area contributed by atoms with Crippen molar-refractivity contribution < 1.29 is 27.8 Å². The van der Waals surface area contributed by atoms with Crippen LogP contribution >= 0.6 is 0 Å². The van der Waals surface area contributed by atoms with Gasteiger partial charge in [-0.05, 0) is 5.56 Å². The molecule has 1 aliphatic heterocycles. The molecule has 0 aromatic heterocycles. The van der Waals surface area contributed by atoms with Crippen molar-refractivity contribution in [3.63, 3.8) is 0 Å². The van der Waals surface area contributed by atoms with E-state index >= 15 is 0 Å². The predicted molar refractivity (Wildman–Crippen MR) is 54.7 cm³/mol. The predicted octanol–water partition coefficient (Wildman–Crippen LogP) is 1.69. The van der Waals surface area contributed by atoms with Gasteiger partial charge in [-0.25, -0.2) is 4.79 Å². The highest BCUT2D eigenvalue weighted by molar-refractivity contribution is 5.78. The number of rotatable bonds is 2. The maximum absolute atomic E-state index is 12.8. The van der Waals surface area contributed by atoms with E-state index in [1.165, 1.54) is 0 Å². The number of nitrogens with one attached hydrogen (secondary N) is 1. The topological polar surface area (TPSA) is 58.6 Å². The second-order valence-corrected chi connectivity index (χ2v) is 3.90. The molecule has 7 heteroatoms. The minimum absolute atomic E-state index is 0.351. The van der Waals surface area contributed by atoms with Gasteiger partial charge in [-0.2, -0.15) is 13.2 Å². The number of benzene rings is 1. The van der Waals surface area contributed by atoms with Crippen molar-refractivity contribution in [2.45, 2.75) is 17.9 Å². The van der Waals surface area contributed by atoms with Crippen LogP contribution in [-0.2, 0) is 9.53 Å². The molecular weight excluding hydrogens is 251 g/mol. The van der Waals surface area contributed by atoms with Gasteiger partial charge in [0.05, 0.1) is 12.6 Å². The van der Waals surface area contributed by atoms with Crippen molar-refractivity contribution in [2.24, 2.45) is 0 Å². The van der Waals surface area contributed by atoms with Gasteiger partial charge in [-0.1, -0.05) is 30.3 Å². The van der Waals surface area contributed by atoms with Gasteiger partial charge in [0, 0.05) is 0 Å². The molecule has 2 N–H and O–H groups in total. The Morgan fingerprint density at radius 1 is 1.39 bits per heavy atom. The lowest BCUT2D eigenvalue weighted by molar-refractivity contribution is -0.268. The Balaban J connectivity index is 2.28. The minimum Gasteiger partial charge on any atom is -0.478 e. The fourth-order valence-electron chi connectivity index (χ4n) is 1.81. The van der Waals surface area contributed by atoms with Crippen molar-refractivity contribution in [1.82, 2.24) is 5.32 Å². The Morgan fingerprint density at radius 3 is 2.44 bits per heavy atom. The normalized spacial score (nSPS) is 28.3. The Bertz CT molecular complexity index is 449. The largest absolute Gasteiger partial charge is 0.478 e. The summed E-state index contributed by atoms with van der Waals surface area (Å²) in [6.45, 7) is -0.351. The van der Waals surface area contributed by atoms with Gasteiger partial charge < -0.3 is 9.84 Å². The van der Waals surface area contributed by atoms with E-state index in [4.69, 9.17) is 5.11 Å². The number of alkyl halides is 3. The first-order valence-electron chi connectivity index (χ1n) is 5.13. The lowest BCUT2D eigenvalue weighted by atomic mass is 10.1. The molecule has 0 amide bonds. The van der Waals surface area contributed by atoms with Crippen LogP contribution in [0.4, 0.5) is 13.2 Å². The smallest absolute Gasteiger partial charge is 0.442 e. The quantitative estimate of drug-likeness (QED) is 0.850. The van der Waals surface area contributed by atoms with E-state index in [0.29, 0.717) is 5.56 Å². The first-order valence-corrected chi connectivity index (χ1v) is 5.13. The van der Waals surface area contributed by atoms with Gasteiger partial charge >= 0.3 is 17.9 Å². The molecule has 1 saturated heterocycles. The summed E-state index contributed by atoms with van der Waals surface area (Å²) in [5.74, 6) is -2.09. The molecule has 1 heterocycles. The number of carbonyl (C=O) groups is 1. The molecule has 0 aliphatic carbocycles. The molecule has 0 saturated carbocycles. The highest BCUT2D eigenvalue weighted by Crippen LogP contribution is 2.38. The van der Waals surface area contributed by atoms with Gasteiger partial charge in [-0.3, -0.25) is 5.32 Å². The first-order chi connectivity index (χ1) is 8.37. The fourth-order valence-corrected chi connectivity index (χ4v) is 1.81. The van der Waals surface area contributed by atoms with Gasteiger partial charge in [0.2, 0.25) is 0 Å². The zero-order chi connectivity index (χ0) is 13.4. The van der Waals surface area contributed by atoms with E-state index < -0.39 is 23.9 Å². The Labute approximate surface area is 100 Å². The summed E-state index contributed by atoms with van der Waals surface area (Å²) >= 11 is 0. The monoisotopic (exact) mass is 261 g/mol. The molecule has 0 spiro atoms. The molecule has 2 rings (SSSR count). The molecule has 2 unspecified atom stereocenters. The third-order valence-electron chi connectivity index (χ3n) is 2.75. The molecule has 18 heavy (non-hydrogen) atoms. The highest BCUT2D eigenvalue weighted by Gasteiger charge is 2.66. The first kappa shape index (κ1) is 12.8. The molecule has 1 aromatic carbocycles. The number of ether oxygens (including phenoxy) is 1. The third kappa shape index (κ3) is 1.95. The molecule has 4 nitrogen and oxygen atoms in total. The standard InChI is InChI=1S/C11H10F3NO3/c12-11(13,14)10(9(16)17)15-8(6-18-10)7-4-2-1-3-5-7/h1-5,8,15H,6H2,(H,16,17). The van der Waals surface area contributed by atoms with Crippen LogP contribution in [0.5, 0.6) is 0 Å². The number of halogens is 3. The van der Waals surface area contributed by atoms with Crippen LogP contribution in [0.1, 0.15) is 11.6 Å². The van der Waals surface area contributed by atoms with Gasteiger partial charge in [0.1, 0.15) is 0 Å². The summed E-state index contributed by atoms with van der Waals surface area (Å²) in [7, 11) is 0. The summed E-state index contributed by atoms with van der Waals surface area (Å²) < 4.78 is 42.9. The average Bonchev–Trinajstić information content (AvgIpc) is 2.75. The molecule has 2 atom stereocenters. The molecule has 1 fully saturated rings. The van der Waals surface area contributed by atoms with E-state index in [2.05, 4.69) is 4.74 Å². The second-order valence-electron chi connectivity index (χ2n) is 3.90.